The number of halogens is 2. The maximum Gasteiger partial charge on any atom is 0.286 e. The standard InChI is InChI=1S/C7H7F2N/c1-7(8,9)6-4-2-3-5-10-6/h2-5H,1H3/i2D. The number of hydrogen-bond donors (Lipinski definition) is 0. The molecule has 0 atom stereocenters. The number of alkyl halides is 2. The molecule has 0 radical (unpaired) electrons. The number of pyridine rings is 1. The highest BCUT2D eigenvalue weighted by Crippen LogP contribution is 2.23. The van der Waals surface area contributed by atoms with Gasteiger partial charge in [-0.1, -0.05) is 6.04 Å². The molecule has 0 unspecified atom stereocenters. The molecule has 0 aromatic carbocycles. The monoisotopic (exact) mass is 144 g/mol. The van der Waals surface area contributed by atoms with Crippen molar-refractivity contribution in [3.05, 3.63) is 30.1 Å². The summed E-state index contributed by atoms with van der Waals surface area (Å²) >= 11 is 0. The summed E-state index contributed by atoms with van der Waals surface area (Å²) in [7, 11) is 0. The molecule has 10 heavy (non-hydrogen) atoms. The van der Waals surface area contributed by atoms with Crippen molar-refractivity contribution in [3.63, 3.8) is 0 Å². The van der Waals surface area contributed by atoms with Gasteiger partial charge in [0.25, 0.3) is 5.92 Å². The molecular weight excluding hydrogens is 136 g/mol. The molecule has 0 spiro atoms. The highest BCUT2D eigenvalue weighted by molar-refractivity contribution is 5.08. The molecule has 0 aliphatic carbocycles. The number of aromatic nitrogens is 1. The molecule has 0 bridgehead atoms. The van der Waals surface area contributed by atoms with Gasteiger partial charge in [0.1, 0.15) is 5.69 Å². The Morgan fingerprint density at radius 3 is 2.80 bits per heavy atom. The molecule has 0 amide bonds. The van der Waals surface area contributed by atoms with Crippen LogP contribution in [0.5, 0.6) is 0 Å². The van der Waals surface area contributed by atoms with E-state index < -0.39 is 5.92 Å². The number of nitrogens with zero attached hydrogens (tertiary/aromatic N) is 1. The summed E-state index contributed by atoms with van der Waals surface area (Å²) in [6.07, 6.45) is 1.20. The van der Waals surface area contributed by atoms with Gasteiger partial charge in [0, 0.05) is 13.1 Å². The molecular formula is C7H7F2N. The Morgan fingerprint density at radius 1 is 1.70 bits per heavy atom. The predicted molar refractivity (Wildman–Crippen MR) is 33.8 cm³/mol. The quantitative estimate of drug-likeness (QED) is 0.588. The third-order valence-corrected chi connectivity index (χ3v) is 1.05. The Bertz CT molecular complexity index is 257. The van der Waals surface area contributed by atoms with E-state index in [2.05, 4.69) is 4.98 Å². The van der Waals surface area contributed by atoms with Gasteiger partial charge in [-0.25, -0.2) is 0 Å². The first-order valence-electron chi connectivity index (χ1n) is 3.31. The zero-order chi connectivity index (χ0) is 8.48. The van der Waals surface area contributed by atoms with Gasteiger partial charge in [0.2, 0.25) is 0 Å². The van der Waals surface area contributed by atoms with Crippen molar-refractivity contribution in [2.24, 2.45) is 0 Å². The molecule has 1 heterocycles. The number of hydrogen-bond acceptors (Lipinski definition) is 1. The van der Waals surface area contributed by atoms with E-state index in [0.29, 0.717) is 0 Å². The molecule has 54 valence electrons. The van der Waals surface area contributed by atoms with Gasteiger partial charge in [0.15, 0.2) is 0 Å². The Labute approximate surface area is 59.1 Å². The van der Waals surface area contributed by atoms with E-state index in [0.717, 1.165) is 13.0 Å². The van der Waals surface area contributed by atoms with Crippen molar-refractivity contribution in [1.29, 1.82) is 0 Å². The summed E-state index contributed by atoms with van der Waals surface area (Å²) in [6.45, 7) is 0.759. The van der Waals surface area contributed by atoms with E-state index in [1.807, 2.05) is 0 Å². The normalized spacial score (nSPS) is 12.9. The molecule has 1 rings (SSSR count). The lowest BCUT2D eigenvalue weighted by Crippen LogP contribution is -2.08. The smallest absolute Gasteiger partial charge is 0.255 e. The lowest BCUT2D eigenvalue weighted by atomic mass is 10.2. The molecule has 0 N–H and O–H groups in total. The highest BCUT2D eigenvalue weighted by atomic mass is 19.3. The van der Waals surface area contributed by atoms with Gasteiger partial charge in [-0.2, -0.15) is 8.78 Å². The zero-order valence-electron chi connectivity index (χ0n) is 6.44. The lowest BCUT2D eigenvalue weighted by Gasteiger charge is -2.07. The Hall–Kier alpha value is -0.990. The van der Waals surface area contributed by atoms with Crippen molar-refractivity contribution in [2.75, 3.05) is 0 Å². The summed E-state index contributed by atoms with van der Waals surface area (Å²) in [6, 6.07) is 2.46. The summed E-state index contributed by atoms with van der Waals surface area (Å²) in [5.74, 6) is -2.95. The van der Waals surface area contributed by atoms with Gasteiger partial charge < -0.3 is 0 Å². The maximum absolute atomic E-state index is 12.5. The summed E-state index contributed by atoms with van der Waals surface area (Å²) in [5.41, 5.74) is -0.356. The number of rotatable bonds is 1. The van der Waals surface area contributed by atoms with E-state index in [4.69, 9.17) is 1.37 Å². The first kappa shape index (κ1) is 5.77. The minimum Gasteiger partial charge on any atom is -0.255 e. The third kappa shape index (κ3) is 1.50. The second-order valence-corrected chi connectivity index (χ2v) is 2.03. The van der Waals surface area contributed by atoms with Crippen LogP contribution in [0.4, 0.5) is 8.78 Å². The molecule has 0 saturated carbocycles. The predicted octanol–water partition coefficient (Wildman–Crippen LogP) is 2.19. The van der Waals surface area contributed by atoms with Gasteiger partial charge in [-0.15, -0.1) is 0 Å². The van der Waals surface area contributed by atoms with Crippen molar-refractivity contribution >= 4 is 0 Å². The van der Waals surface area contributed by atoms with E-state index in [1.165, 1.54) is 12.3 Å². The minimum atomic E-state index is -2.95. The third-order valence-electron chi connectivity index (χ3n) is 1.05. The van der Waals surface area contributed by atoms with Crippen LogP contribution in [0.2, 0.25) is 0 Å². The molecule has 0 saturated heterocycles. The van der Waals surface area contributed by atoms with Gasteiger partial charge >= 0.3 is 0 Å². The minimum absolute atomic E-state index is 0.0523. The van der Waals surface area contributed by atoms with E-state index in [-0.39, 0.29) is 11.7 Å². The molecule has 0 aliphatic heterocycles. The Balaban J connectivity index is 3.06. The van der Waals surface area contributed by atoms with Crippen molar-refractivity contribution < 1.29 is 10.2 Å². The van der Waals surface area contributed by atoms with Crippen molar-refractivity contribution in [3.8, 4) is 0 Å². The first-order valence-corrected chi connectivity index (χ1v) is 2.81. The van der Waals surface area contributed by atoms with E-state index in [1.54, 1.807) is 0 Å². The second kappa shape index (κ2) is 2.33. The average molecular weight is 144 g/mol. The van der Waals surface area contributed by atoms with Crippen molar-refractivity contribution in [1.82, 2.24) is 4.98 Å². The fraction of sp³-hybridized carbons (Fsp3) is 0.286. The second-order valence-electron chi connectivity index (χ2n) is 2.03. The topological polar surface area (TPSA) is 12.9 Å². The Morgan fingerprint density at radius 2 is 2.40 bits per heavy atom. The molecule has 1 aromatic rings. The van der Waals surface area contributed by atoms with Crippen LogP contribution >= 0.6 is 0 Å². The fourth-order valence-electron chi connectivity index (χ4n) is 0.565. The molecule has 0 aliphatic rings. The maximum atomic E-state index is 12.5. The van der Waals surface area contributed by atoms with Crippen LogP contribution in [-0.2, 0) is 5.92 Å². The van der Waals surface area contributed by atoms with E-state index >= 15 is 0 Å². The Kier molecular flexibility index (Phi) is 1.34. The van der Waals surface area contributed by atoms with E-state index in [9.17, 15) is 8.78 Å². The summed E-state index contributed by atoms with van der Waals surface area (Å²) in [4.78, 5) is 3.44. The van der Waals surface area contributed by atoms with Gasteiger partial charge in [0.05, 0.1) is 1.37 Å². The SMILES string of the molecule is [2H]c1ccnc(C(C)(F)F)c1. The molecule has 1 nitrogen and oxygen atoms in total. The van der Waals surface area contributed by atoms with Crippen LogP contribution in [0.1, 0.15) is 14.0 Å². The van der Waals surface area contributed by atoms with Crippen LogP contribution in [0, 0.1) is 0 Å². The molecule has 0 fully saturated rings. The zero-order valence-corrected chi connectivity index (χ0v) is 5.44. The average Bonchev–Trinajstić information content (AvgIpc) is 1.86. The van der Waals surface area contributed by atoms with Crippen LogP contribution in [0.15, 0.2) is 24.4 Å². The highest BCUT2D eigenvalue weighted by Gasteiger charge is 2.24. The van der Waals surface area contributed by atoms with Crippen LogP contribution in [0.3, 0.4) is 0 Å². The van der Waals surface area contributed by atoms with Crippen LogP contribution in [-0.4, -0.2) is 4.98 Å². The van der Waals surface area contributed by atoms with Gasteiger partial charge in [-0.3, -0.25) is 4.98 Å². The van der Waals surface area contributed by atoms with Crippen LogP contribution in [0.25, 0.3) is 0 Å². The summed E-state index contributed by atoms with van der Waals surface area (Å²) in [5, 5.41) is 0. The van der Waals surface area contributed by atoms with Gasteiger partial charge in [-0.05, 0) is 12.1 Å². The van der Waals surface area contributed by atoms with Crippen LogP contribution < -0.4 is 0 Å². The lowest BCUT2D eigenvalue weighted by molar-refractivity contribution is 0.0128. The molecule has 1 aromatic heterocycles. The molecule has 3 heteroatoms. The van der Waals surface area contributed by atoms with Crippen molar-refractivity contribution in [2.45, 2.75) is 12.8 Å². The fourth-order valence-corrected chi connectivity index (χ4v) is 0.565. The largest absolute Gasteiger partial charge is 0.286 e. The first-order chi connectivity index (χ1) is 5.00. The summed E-state index contributed by atoms with van der Waals surface area (Å²) < 4.78 is 32.0.